The zero-order valence-electron chi connectivity index (χ0n) is 14.1. The molecule has 0 radical (unpaired) electrons. The number of H-pyrrole nitrogens is 1. The molecule has 0 aromatic carbocycles. The van der Waals surface area contributed by atoms with Gasteiger partial charge in [-0.25, -0.2) is 4.98 Å². The van der Waals surface area contributed by atoms with Crippen LogP contribution in [0.15, 0.2) is 5.16 Å². The topological polar surface area (TPSA) is 122 Å². The van der Waals surface area contributed by atoms with E-state index in [4.69, 9.17) is 9.90 Å². The second kappa shape index (κ2) is 8.78. The molecular weight excluding hydrogens is 330 g/mol. The van der Waals surface area contributed by atoms with E-state index < -0.39 is 5.97 Å². The van der Waals surface area contributed by atoms with E-state index in [0.717, 1.165) is 42.6 Å². The lowest BCUT2D eigenvalue weighted by Gasteiger charge is -2.21. The van der Waals surface area contributed by atoms with Crippen molar-refractivity contribution in [1.82, 2.24) is 35.3 Å². The standard InChI is InChI=1S/C12H19N7S.C2H4O2/c1-8-14-10(16-15-8)7-20-12-18-17-11(19(12)2)9-4-3-5-13-6-9;1-2(3)4/h9,13H,3-7H2,1-2H3,(H,14,15,16);1H3,(H,3,4). The van der Waals surface area contributed by atoms with Crippen LogP contribution in [0.25, 0.3) is 0 Å². The largest absolute Gasteiger partial charge is 0.481 e. The van der Waals surface area contributed by atoms with E-state index in [-0.39, 0.29) is 0 Å². The third-order valence-corrected chi connectivity index (χ3v) is 4.52. The number of thioether (sulfide) groups is 1. The molecule has 1 fully saturated rings. The van der Waals surface area contributed by atoms with Crippen LogP contribution >= 0.6 is 11.8 Å². The van der Waals surface area contributed by atoms with Crippen molar-refractivity contribution in [2.75, 3.05) is 13.1 Å². The molecule has 1 atom stereocenters. The van der Waals surface area contributed by atoms with Gasteiger partial charge in [0.05, 0.1) is 5.75 Å². The fraction of sp³-hybridized carbons (Fsp3) is 0.643. The quantitative estimate of drug-likeness (QED) is 0.698. The molecule has 3 rings (SSSR count). The third kappa shape index (κ3) is 5.31. The average molecular weight is 353 g/mol. The first-order valence-corrected chi connectivity index (χ1v) is 8.76. The molecule has 2 aromatic rings. The van der Waals surface area contributed by atoms with Crippen molar-refractivity contribution < 1.29 is 9.90 Å². The predicted molar refractivity (Wildman–Crippen MR) is 89.8 cm³/mol. The number of piperidine rings is 1. The second-order valence-corrected chi connectivity index (χ2v) is 6.53. The van der Waals surface area contributed by atoms with Crippen molar-refractivity contribution in [3.8, 4) is 0 Å². The third-order valence-electron chi connectivity index (χ3n) is 3.50. The van der Waals surface area contributed by atoms with Crippen molar-refractivity contribution in [3.05, 3.63) is 17.5 Å². The Bertz CT molecular complexity index is 660. The Morgan fingerprint density at radius 3 is 2.79 bits per heavy atom. The summed E-state index contributed by atoms with van der Waals surface area (Å²) in [5.41, 5.74) is 0. The molecule has 0 bridgehead atoms. The first-order valence-electron chi connectivity index (χ1n) is 7.77. The number of hydrogen-bond donors (Lipinski definition) is 3. The number of aromatic amines is 1. The Balaban J connectivity index is 0.000000471. The summed E-state index contributed by atoms with van der Waals surface area (Å²) < 4.78 is 2.10. The number of nitrogens with zero attached hydrogens (tertiary/aromatic N) is 5. The molecule has 1 aliphatic rings. The van der Waals surface area contributed by atoms with Crippen molar-refractivity contribution >= 4 is 17.7 Å². The molecule has 0 aliphatic carbocycles. The van der Waals surface area contributed by atoms with Gasteiger partial charge in [-0.2, -0.15) is 5.10 Å². The summed E-state index contributed by atoms with van der Waals surface area (Å²) in [6, 6.07) is 0. The van der Waals surface area contributed by atoms with Crippen LogP contribution in [0.2, 0.25) is 0 Å². The van der Waals surface area contributed by atoms with Gasteiger partial charge < -0.3 is 15.0 Å². The number of rotatable bonds is 4. The summed E-state index contributed by atoms with van der Waals surface area (Å²) in [5, 5.41) is 27.4. The fourth-order valence-electron chi connectivity index (χ4n) is 2.46. The number of hydrogen-bond acceptors (Lipinski definition) is 7. The molecule has 0 amide bonds. The van der Waals surface area contributed by atoms with Crippen LogP contribution in [0.5, 0.6) is 0 Å². The lowest BCUT2D eigenvalue weighted by molar-refractivity contribution is -0.134. The molecule has 132 valence electrons. The minimum absolute atomic E-state index is 0.473. The van der Waals surface area contributed by atoms with E-state index in [1.54, 1.807) is 11.8 Å². The van der Waals surface area contributed by atoms with Gasteiger partial charge in [-0.1, -0.05) is 11.8 Å². The van der Waals surface area contributed by atoms with E-state index in [1.165, 1.54) is 12.8 Å². The predicted octanol–water partition coefficient (Wildman–Crippen LogP) is 1.09. The summed E-state index contributed by atoms with van der Waals surface area (Å²) >= 11 is 1.62. The van der Waals surface area contributed by atoms with Crippen molar-refractivity contribution in [2.24, 2.45) is 7.05 Å². The van der Waals surface area contributed by atoms with Gasteiger partial charge >= 0.3 is 0 Å². The highest BCUT2D eigenvalue weighted by atomic mass is 32.2. The number of aliphatic carboxylic acids is 1. The van der Waals surface area contributed by atoms with Gasteiger partial charge in [0.15, 0.2) is 11.0 Å². The summed E-state index contributed by atoms with van der Waals surface area (Å²) in [7, 11) is 2.04. The number of carbonyl (C=O) groups is 1. The van der Waals surface area contributed by atoms with E-state index >= 15 is 0 Å². The Morgan fingerprint density at radius 2 is 2.21 bits per heavy atom. The van der Waals surface area contributed by atoms with Crippen LogP contribution in [0.3, 0.4) is 0 Å². The van der Waals surface area contributed by atoms with Crippen molar-refractivity contribution in [1.29, 1.82) is 0 Å². The van der Waals surface area contributed by atoms with Crippen LogP contribution < -0.4 is 5.32 Å². The van der Waals surface area contributed by atoms with E-state index in [1.807, 2.05) is 14.0 Å². The number of carboxylic acid groups (broad SMARTS) is 1. The first kappa shape index (κ1) is 18.4. The smallest absolute Gasteiger partial charge is 0.300 e. The maximum absolute atomic E-state index is 9.00. The zero-order valence-corrected chi connectivity index (χ0v) is 14.9. The van der Waals surface area contributed by atoms with Gasteiger partial charge in [-0.05, 0) is 26.3 Å². The summed E-state index contributed by atoms with van der Waals surface area (Å²) in [6.45, 7) is 5.09. The van der Waals surface area contributed by atoms with E-state index in [2.05, 4.69) is 35.3 Å². The van der Waals surface area contributed by atoms with Gasteiger partial charge in [-0.3, -0.25) is 9.89 Å². The molecule has 0 spiro atoms. The number of aromatic nitrogens is 6. The summed E-state index contributed by atoms with van der Waals surface area (Å²) in [4.78, 5) is 13.3. The average Bonchev–Trinajstić information content (AvgIpc) is 3.11. The minimum atomic E-state index is -0.833. The highest BCUT2D eigenvalue weighted by Gasteiger charge is 2.21. The molecular formula is C14H23N7O2S. The van der Waals surface area contributed by atoms with Crippen LogP contribution in [-0.2, 0) is 17.6 Å². The highest BCUT2D eigenvalue weighted by molar-refractivity contribution is 7.98. The molecule has 1 unspecified atom stereocenters. The number of carboxylic acids is 1. The Kier molecular flexibility index (Phi) is 6.73. The van der Waals surface area contributed by atoms with Gasteiger partial charge in [0.25, 0.3) is 5.97 Å². The van der Waals surface area contributed by atoms with Crippen LogP contribution in [-0.4, -0.2) is 54.1 Å². The van der Waals surface area contributed by atoms with Crippen molar-refractivity contribution in [3.63, 3.8) is 0 Å². The monoisotopic (exact) mass is 353 g/mol. The van der Waals surface area contributed by atoms with Gasteiger partial charge in [0.1, 0.15) is 11.6 Å². The molecule has 2 aromatic heterocycles. The van der Waals surface area contributed by atoms with Crippen molar-refractivity contribution in [2.45, 2.75) is 43.5 Å². The maximum atomic E-state index is 9.00. The fourth-order valence-corrected chi connectivity index (χ4v) is 3.24. The molecule has 24 heavy (non-hydrogen) atoms. The SMILES string of the molecule is CC(=O)O.Cc1nc(CSc2nnc(C3CCCNC3)n2C)n[nH]1. The zero-order chi connectivity index (χ0) is 17.5. The summed E-state index contributed by atoms with van der Waals surface area (Å²) in [5.74, 6) is 3.07. The highest BCUT2D eigenvalue weighted by Crippen LogP contribution is 2.25. The van der Waals surface area contributed by atoms with Gasteiger partial charge in [-0.15, -0.1) is 10.2 Å². The number of nitrogens with one attached hydrogen (secondary N) is 2. The number of aryl methyl sites for hydroxylation is 1. The summed E-state index contributed by atoms with van der Waals surface area (Å²) in [6.07, 6.45) is 2.39. The Hall–Kier alpha value is -1.94. The molecule has 1 aliphatic heterocycles. The molecule has 3 N–H and O–H groups in total. The Morgan fingerprint density at radius 1 is 1.46 bits per heavy atom. The van der Waals surface area contributed by atoms with Crippen LogP contribution in [0, 0.1) is 6.92 Å². The van der Waals surface area contributed by atoms with E-state index in [9.17, 15) is 0 Å². The molecule has 1 saturated heterocycles. The first-order chi connectivity index (χ1) is 11.5. The molecule has 0 saturated carbocycles. The Labute approximate surface area is 144 Å². The normalized spacial score (nSPS) is 17.2. The lowest BCUT2D eigenvalue weighted by atomic mass is 9.99. The lowest BCUT2D eigenvalue weighted by Crippen LogP contribution is -2.29. The molecule has 9 nitrogen and oxygen atoms in total. The van der Waals surface area contributed by atoms with Crippen LogP contribution in [0.4, 0.5) is 0 Å². The van der Waals surface area contributed by atoms with E-state index in [0.29, 0.717) is 11.7 Å². The van der Waals surface area contributed by atoms with Gasteiger partial charge in [0.2, 0.25) is 0 Å². The second-order valence-electron chi connectivity index (χ2n) is 5.59. The maximum Gasteiger partial charge on any atom is 0.300 e. The van der Waals surface area contributed by atoms with Gasteiger partial charge in [0, 0.05) is 26.4 Å². The molecule has 3 heterocycles. The molecule has 10 heteroatoms. The minimum Gasteiger partial charge on any atom is -0.481 e. The van der Waals surface area contributed by atoms with Crippen LogP contribution in [0.1, 0.15) is 43.2 Å².